The lowest BCUT2D eigenvalue weighted by Crippen LogP contribution is -2.34. The predicted octanol–water partition coefficient (Wildman–Crippen LogP) is 4.17. The van der Waals surface area contributed by atoms with Crippen LogP contribution in [-0.4, -0.2) is 33.8 Å². The normalized spacial score (nSPS) is 29.9. The van der Waals surface area contributed by atoms with E-state index in [0.717, 1.165) is 71.5 Å². The Kier molecular flexibility index (Phi) is 4.09. The number of carbonyl (C=O) groups is 1. The van der Waals surface area contributed by atoms with E-state index in [-0.39, 0.29) is 11.4 Å². The Morgan fingerprint density at radius 1 is 1.23 bits per heavy atom. The molecule has 0 spiro atoms. The van der Waals surface area contributed by atoms with E-state index in [0.29, 0.717) is 24.5 Å². The molecule has 2 aromatic heterocycles. The summed E-state index contributed by atoms with van der Waals surface area (Å²) in [5, 5.41) is 7.38. The molecule has 1 saturated heterocycles. The van der Waals surface area contributed by atoms with Crippen LogP contribution in [0.25, 0.3) is 22.2 Å². The molecule has 7 nitrogen and oxygen atoms in total. The van der Waals surface area contributed by atoms with E-state index in [1.54, 1.807) is 7.11 Å². The van der Waals surface area contributed by atoms with Crippen LogP contribution in [-0.2, 0) is 15.1 Å². The maximum atomic E-state index is 12.1. The number of rotatable bonds is 4. The van der Waals surface area contributed by atoms with Gasteiger partial charge < -0.3 is 19.1 Å². The summed E-state index contributed by atoms with van der Waals surface area (Å²) < 4.78 is 13.4. The molecule has 31 heavy (non-hydrogen) atoms. The van der Waals surface area contributed by atoms with Crippen molar-refractivity contribution in [3.05, 3.63) is 35.5 Å². The number of methoxy groups -OCH3 is 1. The summed E-state index contributed by atoms with van der Waals surface area (Å²) in [5.41, 5.74) is 4.84. The van der Waals surface area contributed by atoms with Crippen LogP contribution in [0.3, 0.4) is 0 Å². The van der Waals surface area contributed by atoms with Crippen LogP contribution in [0.1, 0.15) is 61.8 Å². The van der Waals surface area contributed by atoms with Gasteiger partial charge in [-0.3, -0.25) is 4.79 Å². The summed E-state index contributed by atoms with van der Waals surface area (Å²) in [6.07, 6.45) is 6.20. The van der Waals surface area contributed by atoms with Crippen molar-refractivity contribution in [2.75, 3.05) is 7.11 Å². The molecule has 1 aliphatic heterocycles. The number of carbonyl (C=O) groups excluding carboxylic acids is 1. The number of aryl methyl sites for hydroxylation is 2. The first-order valence-corrected chi connectivity index (χ1v) is 11.3. The summed E-state index contributed by atoms with van der Waals surface area (Å²) in [5.74, 6) is 2.37. The van der Waals surface area contributed by atoms with Gasteiger partial charge >= 0.3 is 0 Å². The van der Waals surface area contributed by atoms with Gasteiger partial charge in [0.25, 0.3) is 0 Å². The van der Waals surface area contributed by atoms with Crippen molar-refractivity contribution >= 4 is 16.9 Å². The highest BCUT2D eigenvalue weighted by molar-refractivity contribution is 5.86. The number of amides is 1. The summed E-state index contributed by atoms with van der Waals surface area (Å²) >= 11 is 0. The largest absolute Gasteiger partial charge is 0.381 e. The highest BCUT2D eigenvalue weighted by Gasteiger charge is 2.64. The number of ether oxygens (including phenoxy) is 1. The number of nitrogens with one attached hydrogen (secondary N) is 1. The van der Waals surface area contributed by atoms with Crippen LogP contribution >= 0.6 is 0 Å². The molecular weight excluding hydrogens is 392 g/mol. The number of imidazole rings is 1. The number of piperidine rings is 1. The van der Waals surface area contributed by atoms with Gasteiger partial charge in [-0.05, 0) is 63.6 Å². The smallest absolute Gasteiger partial charge is 0.221 e. The van der Waals surface area contributed by atoms with Crippen LogP contribution in [0.5, 0.6) is 0 Å². The van der Waals surface area contributed by atoms with Gasteiger partial charge in [0.2, 0.25) is 5.91 Å². The molecule has 7 heteroatoms. The average Bonchev–Trinajstić information content (AvgIpc) is 3.04. The average molecular weight is 421 g/mol. The topological polar surface area (TPSA) is 82.2 Å². The highest BCUT2D eigenvalue weighted by atomic mass is 16.5. The Morgan fingerprint density at radius 2 is 2.03 bits per heavy atom. The highest BCUT2D eigenvalue weighted by Crippen LogP contribution is 2.58. The third kappa shape index (κ3) is 2.79. The summed E-state index contributed by atoms with van der Waals surface area (Å²) in [6.45, 7) is 3.91. The molecule has 1 N–H and O–H groups in total. The van der Waals surface area contributed by atoms with E-state index >= 15 is 0 Å². The Balaban J connectivity index is 1.48. The van der Waals surface area contributed by atoms with Crippen molar-refractivity contribution in [2.45, 2.75) is 70.1 Å². The number of fused-ring (bicyclic) bond motifs is 2. The fourth-order valence-corrected chi connectivity index (χ4v) is 5.96. The first-order valence-electron chi connectivity index (χ1n) is 11.3. The van der Waals surface area contributed by atoms with E-state index in [9.17, 15) is 4.79 Å². The molecular formula is C24H28N4O3. The van der Waals surface area contributed by atoms with Gasteiger partial charge in [0.1, 0.15) is 17.1 Å². The lowest BCUT2D eigenvalue weighted by molar-refractivity contribution is -0.120. The molecule has 3 heterocycles. The summed E-state index contributed by atoms with van der Waals surface area (Å²) in [6, 6.07) is 6.85. The lowest BCUT2D eigenvalue weighted by atomic mass is 9.92. The first-order chi connectivity index (χ1) is 15.0. The molecule has 0 radical (unpaired) electrons. The molecule has 2 unspecified atom stereocenters. The number of benzene rings is 1. The quantitative estimate of drug-likeness (QED) is 0.685. The lowest BCUT2D eigenvalue weighted by Gasteiger charge is -2.31. The van der Waals surface area contributed by atoms with Gasteiger partial charge in [0, 0.05) is 31.1 Å². The number of hydrogen-bond acceptors (Lipinski definition) is 5. The predicted molar refractivity (Wildman–Crippen MR) is 116 cm³/mol. The van der Waals surface area contributed by atoms with E-state index in [1.807, 2.05) is 13.8 Å². The van der Waals surface area contributed by atoms with Crippen LogP contribution in [0.4, 0.5) is 0 Å². The Hall–Kier alpha value is -2.67. The van der Waals surface area contributed by atoms with Crippen molar-refractivity contribution in [2.24, 2.45) is 5.92 Å². The monoisotopic (exact) mass is 420 g/mol. The SMILES string of the molecule is CO[C@H]1CC[C@H](n2c(C34CC3CC(=O)N4)nc3cc(-c4c(C)noc4C)ccc32)CC1. The molecule has 2 atom stereocenters. The molecule has 0 bridgehead atoms. The molecule has 3 aliphatic rings. The van der Waals surface area contributed by atoms with Crippen molar-refractivity contribution in [1.29, 1.82) is 0 Å². The molecule has 2 saturated carbocycles. The maximum Gasteiger partial charge on any atom is 0.221 e. The van der Waals surface area contributed by atoms with Crippen molar-refractivity contribution in [3.8, 4) is 11.1 Å². The minimum absolute atomic E-state index is 0.148. The van der Waals surface area contributed by atoms with Crippen molar-refractivity contribution in [1.82, 2.24) is 20.0 Å². The van der Waals surface area contributed by atoms with Gasteiger partial charge in [-0.25, -0.2) is 4.98 Å². The van der Waals surface area contributed by atoms with Crippen LogP contribution in [0.2, 0.25) is 0 Å². The first kappa shape index (κ1) is 19.0. The third-order valence-electron chi connectivity index (χ3n) is 7.65. The zero-order valence-electron chi connectivity index (χ0n) is 18.3. The molecule has 6 rings (SSSR count). The van der Waals surface area contributed by atoms with E-state index in [1.165, 1.54) is 0 Å². The van der Waals surface area contributed by atoms with Gasteiger partial charge in [0.15, 0.2) is 0 Å². The minimum Gasteiger partial charge on any atom is -0.381 e. The molecule has 3 aromatic rings. The fraction of sp³-hybridized carbons (Fsp3) is 0.542. The van der Waals surface area contributed by atoms with Gasteiger partial charge in [-0.2, -0.15) is 0 Å². The van der Waals surface area contributed by atoms with E-state index in [2.05, 4.69) is 33.2 Å². The van der Waals surface area contributed by atoms with Crippen LogP contribution < -0.4 is 5.32 Å². The zero-order chi connectivity index (χ0) is 21.3. The number of nitrogens with zero attached hydrogens (tertiary/aromatic N) is 3. The molecule has 1 aromatic carbocycles. The fourth-order valence-electron chi connectivity index (χ4n) is 5.96. The molecule has 3 fully saturated rings. The van der Waals surface area contributed by atoms with E-state index < -0.39 is 0 Å². The van der Waals surface area contributed by atoms with Crippen molar-refractivity contribution < 1.29 is 14.1 Å². The second kappa shape index (κ2) is 6.66. The van der Waals surface area contributed by atoms with Crippen LogP contribution in [0.15, 0.2) is 22.7 Å². The number of hydrogen-bond donors (Lipinski definition) is 1. The zero-order valence-corrected chi connectivity index (χ0v) is 18.3. The Morgan fingerprint density at radius 3 is 2.68 bits per heavy atom. The van der Waals surface area contributed by atoms with Gasteiger partial charge in [-0.1, -0.05) is 11.2 Å². The van der Waals surface area contributed by atoms with Crippen LogP contribution in [0, 0.1) is 19.8 Å². The Bertz CT molecular complexity index is 1170. The molecule has 1 amide bonds. The maximum absolute atomic E-state index is 12.1. The number of aromatic nitrogens is 3. The molecule has 2 aliphatic carbocycles. The van der Waals surface area contributed by atoms with Crippen molar-refractivity contribution in [3.63, 3.8) is 0 Å². The summed E-state index contributed by atoms with van der Waals surface area (Å²) in [4.78, 5) is 17.3. The van der Waals surface area contributed by atoms with E-state index in [4.69, 9.17) is 14.2 Å². The molecule has 162 valence electrons. The second-order valence-corrected chi connectivity index (χ2v) is 9.50. The summed E-state index contributed by atoms with van der Waals surface area (Å²) in [7, 11) is 1.81. The second-order valence-electron chi connectivity index (χ2n) is 9.50. The standard InChI is InChI=1S/C24H28N4O3/c1-13-22(14(2)31-27-13)15-4-9-20-19(10-15)25-23(24-12-16(24)11-21(29)26-24)28(20)17-5-7-18(30-3)8-6-17/h4,9-10,16-18H,5-8,11-12H2,1-3H3,(H,26,29)/t16?,17-,18-,24?. The Labute approximate surface area is 181 Å². The van der Waals surface area contributed by atoms with Gasteiger partial charge in [0.05, 0.1) is 22.8 Å². The van der Waals surface area contributed by atoms with Gasteiger partial charge in [-0.15, -0.1) is 0 Å². The minimum atomic E-state index is -0.280. The third-order valence-corrected chi connectivity index (χ3v) is 7.65.